The average Bonchev–Trinajstić information content (AvgIpc) is 3.60. The number of pyridine rings is 1. The zero-order valence-corrected chi connectivity index (χ0v) is 19.3. The van der Waals surface area contributed by atoms with Gasteiger partial charge in [-0.1, -0.05) is 24.3 Å². The molecule has 2 N–H and O–H groups in total. The molecular formula is C26H25N5O2S. The van der Waals surface area contributed by atoms with Crippen molar-refractivity contribution in [2.75, 3.05) is 11.9 Å². The number of hydrogen-bond donors (Lipinski definition) is 2. The minimum absolute atomic E-state index is 0.0556. The minimum Gasteiger partial charge on any atom is -0.467 e. The van der Waals surface area contributed by atoms with Gasteiger partial charge in [0.1, 0.15) is 5.76 Å². The van der Waals surface area contributed by atoms with Gasteiger partial charge in [-0.05, 0) is 60.7 Å². The van der Waals surface area contributed by atoms with Crippen LogP contribution in [0.25, 0.3) is 0 Å². The lowest BCUT2D eigenvalue weighted by Crippen LogP contribution is -2.33. The van der Waals surface area contributed by atoms with Crippen LogP contribution in [0.5, 0.6) is 0 Å². The van der Waals surface area contributed by atoms with E-state index in [0.29, 0.717) is 24.6 Å². The number of carbonyl (C=O) groups excluding carboxylic acids is 1. The molecule has 4 aromatic rings. The lowest BCUT2D eigenvalue weighted by molar-refractivity contribution is -0.116. The predicted molar refractivity (Wildman–Crippen MR) is 134 cm³/mol. The van der Waals surface area contributed by atoms with Crippen molar-refractivity contribution in [3.05, 3.63) is 109 Å². The maximum absolute atomic E-state index is 12.7. The molecule has 0 radical (unpaired) electrons. The summed E-state index contributed by atoms with van der Waals surface area (Å²) in [7, 11) is 0. The Morgan fingerprint density at radius 1 is 1.06 bits per heavy atom. The quantitative estimate of drug-likeness (QED) is 0.368. The Kier molecular flexibility index (Phi) is 6.40. The fourth-order valence-corrected chi connectivity index (χ4v) is 4.68. The van der Waals surface area contributed by atoms with E-state index in [2.05, 4.69) is 31.2 Å². The summed E-state index contributed by atoms with van der Waals surface area (Å²) in [5, 5.41) is 7.01. The van der Waals surface area contributed by atoms with Crippen LogP contribution in [-0.2, 0) is 11.3 Å². The van der Waals surface area contributed by atoms with E-state index in [4.69, 9.17) is 16.6 Å². The number of rotatable bonds is 8. The number of nitrogens with zero attached hydrogens (tertiary/aromatic N) is 3. The van der Waals surface area contributed by atoms with E-state index >= 15 is 0 Å². The number of para-hydroxylation sites is 1. The van der Waals surface area contributed by atoms with Gasteiger partial charge in [0.05, 0.1) is 30.6 Å². The summed E-state index contributed by atoms with van der Waals surface area (Å²) in [5.74, 6) is 0.814. The minimum atomic E-state index is -0.142. The molecule has 172 valence electrons. The normalized spacial score (nSPS) is 17.5. The van der Waals surface area contributed by atoms with E-state index in [9.17, 15) is 4.79 Å². The fraction of sp³-hybridized carbons (Fsp3) is 0.192. The predicted octanol–water partition coefficient (Wildman–Crippen LogP) is 4.53. The molecule has 4 heterocycles. The number of anilines is 1. The first-order chi connectivity index (χ1) is 16.7. The zero-order chi connectivity index (χ0) is 23.3. The molecule has 0 aliphatic carbocycles. The second kappa shape index (κ2) is 9.93. The lowest BCUT2D eigenvalue weighted by Gasteiger charge is -2.28. The highest BCUT2D eigenvalue weighted by Crippen LogP contribution is 2.39. The van der Waals surface area contributed by atoms with Gasteiger partial charge in [0, 0.05) is 36.7 Å². The Hall–Kier alpha value is -3.91. The first-order valence-corrected chi connectivity index (χ1v) is 11.6. The maximum Gasteiger partial charge on any atom is 0.226 e. The summed E-state index contributed by atoms with van der Waals surface area (Å²) in [6.07, 6.45) is 5.81. The third-order valence-corrected chi connectivity index (χ3v) is 6.26. The van der Waals surface area contributed by atoms with E-state index < -0.39 is 0 Å². The van der Waals surface area contributed by atoms with Crippen molar-refractivity contribution in [3.8, 4) is 0 Å². The van der Waals surface area contributed by atoms with Gasteiger partial charge in [-0.2, -0.15) is 0 Å². The molecular weight excluding hydrogens is 446 g/mol. The number of aromatic nitrogens is 2. The average molecular weight is 472 g/mol. The highest BCUT2D eigenvalue weighted by atomic mass is 32.1. The number of nitrogens with one attached hydrogen (secondary N) is 2. The molecule has 34 heavy (non-hydrogen) atoms. The molecule has 3 aromatic heterocycles. The van der Waals surface area contributed by atoms with E-state index in [1.165, 1.54) is 0 Å². The van der Waals surface area contributed by atoms with Crippen molar-refractivity contribution in [2.45, 2.75) is 25.0 Å². The number of hydrogen-bond acceptors (Lipinski definition) is 4. The molecule has 1 amide bonds. The van der Waals surface area contributed by atoms with Gasteiger partial charge in [0.25, 0.3) is 0 Å². The van der Waals surface area contributed by atoms with Crippen molar-refractivity contribution < 1.29 is 9.21 Å². The molecule has 0 saturated carbocycles. The van der Waals surface area contributed by atoms with Gasteiger partial charge in [0.15, 0.2) is 5.11 Å². The Labute approximate surface area is 203 Å². The highest BCUT2D eigenvalue weighted by molar-refractivity contribution is 7.80. The van der Waals surface area contributed by atoms with Crippen LogP contribution >= 0.6 is 12.2 Å². The number of furan rings is 1. The number of carbonyl (C=O) groups is 1. The van der Waals surface area contributed by atoms with Crippen LogP contribution in [0.1, 0.15) is 35.7 Å². The SMILES string of the molecule is O=C(CCN1C(=S)N[C@H](c2ccccn2)[C@@H]1c1cccn1Cc1ccco1)Nc1ccccc1. The summed E-state index contributed by atoms with van der Waals surface area (Å²) in [5.41, 5.74) is 2.75. The molecule has 1 saturated heterocycles. The highest BCUT2D eigenvalue weighted by Gasteiger charge is 2.41. The zero-order valence-electron chi connectivity index (χ0n) is 18.5. The van der Waals surface area contributed by atoms with Crippen LogP contribution in [0.2, 0.25) is 0 Å². The van der Waals surface area contributed by atoms with Gasteiger partial charge < -0.3 is 24.5 Å². The molecule has 1 fully saturated rings. The van der Waals surface area contributed by atoms with Gasteiger partial charge in [-0.25, -0.2) is 0 Å². The van der Waals surface area contributed by atoms with Crippen molar-refractivity contribution in [2.24, 2.45) is 0 Å². The van der Waals surface area contributed by atoms with Crippen LogP contribution in [-0.4, -0.2) is 32.0 Å². The van der Waals surface area contributed by atoms with Crippen molar-refractivity contribution >= 4 is 28.9 Å². The van der Waals surface area contributed by atoms with Crippen LogP contribution in [0.4, 0.5) is 5.69 Å². The smallest absolute Gasteiger partial charge is 0.226 e. The van der Waals surface area contributed by atoms with Crippen molar-refractivity contribution in [1.29, 1.82) is 0 Å². The summed E-state index contributed by atoms with van der Waals surface area (Å²) >= 11 is 5.74. The topological polar surface area (TPSA) is 75.3 Å². The van der Waals surface area contributed by atoms with Gasteiger partial charge in [-0.15, -0.1) is 0 Å². The second-order valence-corrected chi connectivity index (χ2v) is 8.51. The lowest BCUT2D eigenvalue weighted by atomic mass is 10.0. The summed E-state index contributed by atoms with van der Waals surface area (Å²) in [6.45, 7) is 1.08. The summed E-state index contributed by atoms with van der Waals surface area (Å²) in [4.78, 5) is 19.3. The molecule has 2 atom stereocenters. The van der Waals surface area contributed by atoms with E-state index in [1.54, 1.807) is 12.5 Å². The Bertz CT molecular complexity index is 1240. The standard InChI is InChI=1S/C26H25N5O2S/c32-23(28-19-8-2-1-3-9-19)13-16-31-25(24(29-26(31)34)21-11-4-5-14-27-21)22-12-6-15-30(22)18-20-10-7-17-33-20/h1-12,14-15,17,24-25H,13,16,18H2,(H,28,32)(H,29,34)/t24-,25+/m1/s1. The van der Waals surface area contributed by atoms with Gasteiger partial charge in [-0.3, -0.25) is 9.78 Å². The maximum atomic E-state index is 12.7. The van der Waals surface area contributed by atoms with E-state index in [-0.39, 0.29) is 18.0 Å². The Balaban J connectivity index is 1.40. The molecule has 0 spiro atoms. The van der Waals surface area contributed by atoms with Crippen molar-refractivity contribution in [1.82, 2.24) is 19.8 Å². The first-order valence-electron chi connectivity index (χ1n) is 11.2. The summed E-state index contributed by atoms with van der Waals surface area (Å²) < 4.78 is 7.74. The first kappa shape index (κ1) is 21.9. The monoisotopic (exact) mass is 471 g/mol. The molecule has 1 aliphatic heterocycles. The Morgan fingerprint density at radius 3 is 2.68 bits per heavy atom. The van der Waals surface area contributed by atoms with Gasteiger partial charge >= 0.3 is 0 Å². The number of amides is 1. The summed E-state index contributed by atoms with van der Waals surface area (Å²) in [6, 6.07) is 23.0. The number of thiocarbonyl (C=S) groups is 1. The third kappa shape index (κ3) is 4.72. The van der Waals surface area contributed by atoms with Crippen LogP contribution in [0.15, 0.2) is 95.9 Å². The van der Waals surface area contributed by atoms with Crippen LogP contribution in [0.3, 0.4) is 0 Å². The largest absolute Gasteiger partial charge is 0.467 e. The molecule has 7 nitrogen and oxygen atoms in total. The molecule has 1 aromatic carbocycles. The molecule has 1 aliphatic rings. The second-order valence-electron chi connectivity index (χ2n) is 8.12. The van der Waals surface area contributed by atoms with E-state index in [1.807, 2.05) is 72.9 Å². The van der Waals surface area contributed by atoms with Gasteiger partial charge in [0.2, 0.25) is 5.91 Å². The number of benzene rings is 1. The fourth-order valence-electron chi connectivity index (χ4n) is 4.35. The molecule has 0 bridgehead atoms. The van der Waals surface area contributed by atoms with Crippen molar-refractivity contribution in [3.63, 3.8) is 0 Å². The third-order valence-electron chi connectivity index (χ3n) is 5.91. The van der Waals surface area contributed by atoms with E-state index in [0.717, 1.165) is 22.8 Å². The Morgan fingerprint density at radius 2 is 1.91 bits per heavy atom. The van der Waals surface area contributed by atoms with Crippen LogP contribution in [0, 0.1) is 0 Å². The molecule has 8 heteroatoms. The molecule has 5 rings (SSSR count). The molecule has 0 unspecified atom stereocenters. The van der Waals surface area contributed by atoms with Crippen LogP contribution < -0.4 is 10.6 Å².